The van der Waals surface area contributed by atoms with Gasteiger partial charge in [-0.05, 0) is 25.1 Å². The number of hydrogen-bond donors (Lipinski definition) is 1. The maximum absolute atomic E-state index is 3.80. The minimum absolute atomic E-state index is 0.280. The predicted octanol–water partition coefficient (Wildman–Crippen LogP) is 3.32. The molecule has 0 spiro atoms. The van der Waals surface area contributed by atoms with Crippen LogP contribution in [0, 0.1) is 5.41 Å². The highest BCUT2D eigenvalue weighted by Crippen LogP contribution is 2.43. The molecule has 2 nitrogen and oxygen atoms in total. The van der Waals surface area contributed by atoms with Gasteiger partial charge in [-0.1, -0.05) is 51.1 Å². The van der Waals surface area contributed by atoms with Crippen LogP contribution < -0.4 is 5.32 Å². The van der Waals surface area contributed by atoms with E-state index in [0.29, 0.717) is 16.8 Å². The van der Waals surface area contributed by atoms with E-state index in [9.17, 15) is 0 Å². The second kappa shape index (κ2) is 5.24. The molecule has 0 radical (unpaired) electrons. The fraction of sp³-hybridized carbons (Fsp3) is 0.600. The molecule has 100 valence electrons. The summed E-state index contributed by atoms with van der Waals surface area (Å²) in [5.41, 5.74) is 1.66. The predicted molar refractivity (Wildman–Crippen MR) is 80.6 cm³/mol. The summed E-state index contributed by atoms with van der Waals surface area (Å²) in [6, 6.07) is 11.2. The van der Waals surface area contributed by atoms with E-state index >= 15 is 0 Å². The molecule has 1 saturated heterocycles. The van der Waals surface area contributed by atoms with Gasteiger partial charge in [0.05, 0.1) is 16.8 Å². The number of nitrogens with one attached hydrogen (secondary N) is 1. The maximum atomic E-state index is 3.80. The largest absolute Gasteiger partial charge is 0.296 e. The Morgan fingerprint density at radius 3 is 2.22 bits per heavy atom. The van der Waals surface area contributed by atoms with Crippen LogP contribution in [0.15, 0.2) is 30.3 Å². The number of rotatable bonds is 2. The van der Waals surface area contributed by atoms with Crippen LogP contribution in [-0.4, -0.2) is 29.7 Å². The van der Waals surface area contributed by atoms with E-state index < -0.39 is 0 Å². The molecule has 1 aliphatic heterocycles. The molecule has 0 amide bonds. The van der Waals surface area contributed by atoms with Crippen molar-refractivity contribution in [1.29, 1.82) is 0 Å². The number of likely N-dealkylation sites (N-methyl/N-ethyl adjacent to an activating group) is 1. The molecular formula is C15H24N2S. The van der Waals surface area contributed by atoms with Crippen LogP contribution in [0.2, 0.25) is 0 Å². The van der Waals surface area contributed by atoms with Crippen LogP contribution in [0.25, 0.3) is 0 Å². The molecule has 3 heteroatoms. The summed E-state index contributed by atoms with van der Waals surface area (Å²) in [7, 11) is 4.33. The summed E-state index contributed by atoms with van der Waals surface area (Å²) in [5, 5.41) is 4.79. The van der Waals surface area contributed by atoms with Crippen molar-refractivity contribution in [1.82, 2.24) is 10.2 Å². The molecule has 2 rings (SSSR count). The molecule has 0 aliphatic carbocycles. The zero-order valence-corrected chi connectivity index (χ0v) is 12.8. The SMILES string of the molecule is CN(C)C1S[C@H](C(C)(C)C)N[C@H]1c1ccccc1. The van der Waals surface area contributed by atoms with Crippen molar-refractivity contribution in [3.05, 3.63) is 35.9 Å². The van der Waals surface area contributed by atoms with Gasteiger partial charge in [0.15, 0.2) is 0 Å². The van der Waals surface area contributed by atoms with Crippen molar-refractivity contribution in [2.45, 2.75) is 37.6 Å². The lowest BCUT2D eigenvalue weighted by Gasteiger charge is -2.26. The summed E-state index contributed by atoms with van der Waals surface area (Å²) < 4.78 is 0. The fourth-order valence-corrected chi connectivity index (χ4v) is 3.85. The van der Waals surface area contributed by atoms with E-state index in [-0.39, 0.29) is 5.41 Å². The van der Waals surface area contributed by atoms with Gasteiger partial charge in [-0.3, -0.25) is 10.2 Å². The highest BCUT2D eigenvalue weighted by atomic mass is 32.2. The van der Waals surface area contributed by atoms with Gasteiger partial charge in [0.25, 0.3) is 0 Å². The molecule has 0 aromatic heterocycles. The molecule has 1 heterocycles. The van der Waals surface area contributed by atoms with Gasteiger partial charge in [-0.25, -0.2) is 0 Å². The van der Waals surface area contributed by atoms with E-state index in [1.807, 2.05) is 11.8 Å². The van der Waals surface area contributed by atoms with Crippen LogP contribution in [0.1, 0.15) is 32.4 Å². The Kier molecular flexibility index (Phi) is 4.05. The Morgan fingerprint density at radius 1 is 1.11 bits per heavy atom. The first kappa shape index (κ1) is 13.9. The maximum Gasteiger partial charge on any atom is 0.0766 e. The lowest BCUT2D eigenvalue weighted by atomic mass is 9.95. The fourth-order valence-electron chi connectivity index (χ4n) is 2.30. The van der Waals surface area contributed by atoms with Gasteiger partial charge in [-0.2, -0.15) is 0 Å². The molecular weight excluding hydrogens is 240 g/mol. The van der Waals surface area contributed by atoms with Gasteiger partial charge < -0.3 is 0 Å². The first-order valence-corrected chi connectivity index (χ1v) is 7.47. The van der Waals surface area contributed by atoms with E-state index in [2.05, 4.69) is 75.4 Å². The van der Waals surface area contributed by atoms with Crippen LogP contribution in [-0.2, 0) is 0 Å². The lowest BCUT2D eigenvalue weighted by Crippen LogP contribution is -2.36. The molecule has 1 aromatic rings. The Bertz CT molecular complexity index is 383. The highest BCUT2D eigenvalue weighted by Gasteiger charge is 2.41. The lowest BCUT2D eigenvalue weighted by molar-refractivity contribution is 0.295. The third-order valence-electron chi connectivity index (χ3n) is 3.35. The van der Waals surface area contributed by atoms with Gasteiger partial charge >= 0.3 is 0 Å². The molecule has 1 aromatic carbocycles. The quantitative estimate of drug-likeness (QED) is 0.882. The number of thioether (sulfide) groups is 1. The zero-order chi connectivity index (χ0) is 13.3. The topological polar surface area (TPSA) is 15.3 Å². The van der Waals surface area contributed by atoms with Crippen molar-refractivity contribution in [2.24, 2.45) is 5.41 Å². The average molecular weight is 264 g/mol. The highest BCUT2D eigenvalue weighted by molar-refractivity contribution is 8.00. The second-order valence-corrected chi connectivity index (χ2v) is 7.52. The Labute approximate surface area is 115 Å². The monoisotopic (exact) mass is 264 g/mol. The van der Waals surface area contributed by atoms with E-state index in [1.54, 1.807) is 0 Å². The Balaban J connectivity index is 2.23. The summed E-state index contributed by atoms with van der Waals surface area (Å²) in [4.78, 5) is 2.32. The van der Waals surface area contributed by atoms with Crippen LogP contribution in [0.3, 0.4) is 0 Å². The second-order valence-electron chi connectivity index (χ2n) is 6.29. The van der Waals surface area contributed by atoms with E-state index in [0.717, 1.165) is 0 Å². The molecule has 1 aliphatic rings. The molecule has 1 unspecified atom stereocenters. The summed E-state index contributed by atoms with van der Waals surface area (Å²) in [6.45, 7) is 6.91. The first-order chi connectivity index (χ1) is 8.39. The first-order valence-electron chi connectivity index (χ1n) is 6.52. The third kappa shape index (κ3) is 2.90. The summed E-state index contributed by atoms with van der Waals surface area (Å²) >= 11 is 2.04. The van der Waals surface area contributed by atoms with Gasteiger partial charge in [0.1, 0.15) is 0 Å². The molecule has 1 N–H and O–H groups in total. The van der Waals surface area contributed by atoms with Crippen molar-refractivity contribution in [3.63, 3.8) is 0 Å². The van der Waals surface area contributed by atoms with Gasteiger partial charge in [0, 0.05) is 0 Å². The Hall–Kier alpha value is -0.510. The van der Waals surface area contributed by atoms with Crippen molar-refractivity contribution in [3.8, 4) is 0 Å². The summed E-state index contributed by atoms with van der Waals surface area (Å²) in [6.07, 6.45) is 0. The molecule has 0 bridgehead atoms. The number of nitrogens with zero attached hydrogens (tertiary/aromatic N) is 1. The zero-order valence-electron chi connectivity index (χ0n) is 12.0. The normalized spacial score (nSPS) is 28.9. The van der Waals surface area contributed by atoms with Gasteiger partial charge in [-0.15, -0.1) is 11.8 Å². The molecule has 18 heavy (non-hydrogen) atoms. The summed E-state index contributed by atoms with van der Waals surface area (Å²) in [5.74, 6) is 0. The molecule has 0 saturated carbocycles. The van der Waals surface area contributed by atoms with Crippen molar-refractivity contribution < 1.29 is 0 Å². The van der Waals surface area contributed by atoms with Gasteiger partial charge in [0.2, 0.25) is 0 Å². The van der Waals surface area contributed by atoms with Crippen molar-refractivity contribution in [2.75, 3.05) is 14.1 Å². The standard InChI is InChI=1S/C15H24N2S/c1-15(2,3)14-16-12(13(18-14)17(4)5)11-9-7-6-8-10-11/h6-10,12-14,16H,1-5H3/t12-,13?,14+/m0/s1. The van der Waals surface area contributed by atoms with Crippen LogP contribution in [0.5, 0.6) is 0 Å². The minimum Gasteiger partial charge on any atom is -0.296 e. The minimum atomic E-state index is 0.280. The Morgan fingerprint density at radius 2 is 1.72 bits per heavy atom. The van der Waals surface area contributed by atoms with Crippen molar-refractivity contribution >= 4 is 11.8 Å². The number of hydrogen-bond acceptors (Lipinski definition) is 3. The van der Waals surface area contributed by atoms with Crippen LogP contribution in [0.4, 0.5) is 0 Å². The van der Waals surface area contributed by atoms with E-state index in [4.69, 9.17) is 0 Å². The number of benzene rings is 1. The third-order valence-corrected chi connectivity index (χ3v) is 5.43. The van der Waals surface area contributed by atoms with Crippen LogP contribution >= 0.6 is 11.8 Å². The molecule has 3 atom stereocenters. The smallest absolute Gasteiger partial charge is 0.0766 e. The average Bonchev–Trinajstić information content (AvgIpc) is 2.74. The molecule has 1 fully saturated rings. The van der Waals surface area contributed by atoms with E-state index in [1.165, 1.54) is 5.56 Å².